The number of hydrogen-bond donors (Lipinski definition) is 2. The Balaban J connectivity index is 1.72. The lowest BCUT2D eigenvalue weighted by Crippen LogP contribution is -2.32. The summed E-state index contributed by atoms with van der Waals surface area (Å²) in [5, 5.41) is 4.43. The number of carbonyl (C=O) groups is 2. The molecule has 0 aromatic heterocycles. The molecule has 0 saturated heterocycles. The minimum atomic E-state index is -4.50. The third-order valence-electron chi connectivity index (χ3n) is 4.50. The summed E-state index contributed by atoms with van der Waals surface area (Å²) in [6.07, 6.45) is -4.65. The molecule has 1 unspecified atom stereocenters. The number of carbonyl (C=O) groups excluding carboxylic acids is 2. The van der Waals surface area contributed by atoms with Crippen molar-refractivity contribution in [2.75, 3.05) is 24.9 Å². The van der Waals surface area contributed by atoms with Gasteiger partial charge in [-0.1, -0.05) is 0 Å². The largest absolute Gasteiger partial charge is 0.493 e. The number of anilines is 2. The highest BCUT2D eigenvalue weighted by molar-refractivity contribution is 8.01. The van der Waals surface area contributed by atoms with Crippen molar-refractivity contribution >= 4 is 35.0 Å². The van der Waals surface area contributed by atoms with Crippen LogP contribution >= 0.6 is 11.8 Å². The number of fused-ring (bicyclic) bond motifs is 1. The summed E-state index contributed by atoms with van der Waals surface area (Å²) in [5.74, 6) is 0.0296. The summed E-state index contributed by atoms with van der Waals surface area (Å²) in [6, 6.07) is 6.47. The zero-order valence-electron chi connectivity index (χ0n) is 16.3. The molecular weight excluding hydrogens is 421 g/mol. The van der Waals surface area contributed by atoms with Gasteiger partial charge >= 0.3 is 6.18 Å². The van der Waals surface area contributed by atoms with Gasteiger partial charge in [-0.2, -0.15) is 13.2 Å². The number of ether oxygens (including phenoxy) is 2. The molecule has 2 aromatic carbocycles. The second-order valence-electron chi connectivity index (χ2n) is 6.58. The second-order valence-corrected chi connectivity index (χ2v) is 7.82. The van der Waals surface area contributed by atoms with Gasteiger partial charge in [0.05, 0.1) is 30.7 Å². The van der Waals surface area contributed by atoms with Crippen LogP contribution in [0.5, 0.6) is 11.5 Å². The topological polar surface area (TPSA) is 76.7 Å². The molecule has 3 rings (SSSR count). The SMILES string of the molecule is COc1cc(C)c(NC(=O)CC2Sc3ccc(C(F)(F)F)cc3NC2=O)cc1OC. The summed E-state index contributed by atoms with van der Waals surface area (Å²) < 4.78 is 49.0. The number of rotatable bonds is 5. The van der Waals surface area contributed by atoms with E-state index in [9.17, 15) is 22.8 Å². The Morgan fingerprint density at radius 3 is 2.47 bits per heavy atom. The fourth-order valence-corrected chi connectivity index (χ4v) is 4.04. The Bertz CT molecular complexity index is 995. The monoisotopic (exact) mass is 440 g/mol. The van der Waals surface area contributed by atoms with Crippen LogP contribution in [-0.2, 0) is 15.8 Å². The van der Waals surface area contributed by atoms with E-state index >= 15 is 0 Å². The van der Waals surface area contributed by atoms with Gasteiger partial charge in [0, 0.05) is 23.1 Å². The van der Waals surface area contributed by atoms with Crippen LogP contribution < -0.4 is 20.1 Å². The van der Waals surface area contributed by atoms with Gasteiger partial charge in [-0.05, 0) is 36.8 Å². The maximum atomic E-state index is 12.9. The smallest absolute Gasteiger partial charge is 0.416 e. The molecule has 1 aliphatic rings. The van der Waals surface area contributed by atoms with Crippen LogP contribution in [0, 0.1) is 6.92 Å². The molecule has 0 spiro atoms. The van der Waals surface area contributed by atoms with E-state index in [-0.39, 0.29) is 12.1 Å². The Morgan fingerprint density at radius 1 is 1.17 bits per heavy atom. The fraction of sp³-hybridized carbons (Fsp3) is 0.300. The van der Waals surface area contributed by atoms with E-state index in [1.807, 2.05) is 0 Å². The summed E-state index contributed by atoms with van der Waals surface area (Å²) in [7, 11) is 2.98. The number of nitrogens with one attached hydrogen (secondary N) is 2. The number of alkyl halides is 3. The molecule has 0 fully saturated rings. The van der Waals surface area contributed by atoms with Crippen LogP contribution in [0.4, 0.5) is 24.5 Å². The van der Waals surface area contributed by atoms with Crippen LogP contribution in [-0.4, -0.2) is 31.3 Å². The Labute approximate surface area is 175 Å². The van der Waals surface area contributed by atoms with Gasteiger partial charge in [0.2, 0.25) is 11.8 Å². The van der Waals surface area contributed by atoms with Crippen molar-refractivity contribution in [3.63, 3.8) is 0 Å². The number of benzene rings is 2. The average molecular weight is 440 g/mol. The molecule has 10 heteroatoms. The van der Waals surface area contributed by atoms with Crippen molar-refractivity contribution in [2.24, 2.45) is 0 Å². The molecule has 160 valence electrons. The molecule has 0 bridgehead atoms. The lowest BCUT2D eigenvalue weighted by Gasteiger charge is -2.24. The van der Waals surface area contributed by atoms with E-state index in [4.69, 9.17) is 9.47 Å². The van der Waals surface area contributed by atoms with Gasteiger partial charge in [-0.25, -0.2) is 0 Å². The fourth-order valence-electron chi connectivity index (χ4n) is 2.95. The number of hydrogen-bond acceptors (Lipinski definition) is 5. The predicted molar refractivity (Wildman–Crippen MR) is 107 cm³/mol. The first-order valence-corrected chi connectivity index (χ1v) is 9.71. The molecule has 0 saturated carbocycles. The molecular formula is C20H19F3N2O4S. The van der Waals surface area contributed by atoms with Crippen LogP contribution in [0.15, 0.2) is 35.2 Å². The first kappa shape index (κ1) is 21.8. The Kier molecular flexibility index (Phi) is 6.16. The number of amides is 2. The molecule has 30 heavy (non-hydrogen) atoms. The highest BCUT2D eigenvalue weighted by Gasteiger charge is 2.34. The average Bonchev–Trinajstić information content (AvgIpc) is 2.68. The lowest BCUT2D eigenvalue weighted by atomic mass is 10.1. The van der Waals surface area contributed by atoms with Gasteiger partial charge in [0.1, 0.15) is 0 Å². The molecule has 1 atom stereocenters. The van der Waals surface area contributed by atoms with E-state index in [0.717, 1.165) is 29.5 Å². The Morgan fingerprint density at radius 2 is 1.83 bits per heavy atom. The van der Waals surface area contributed by atoms with E-state index in [0.29, 0.717) is 22.1 Å². The van der Waals surface area contributed by atoms with Gasteiger partial charge in [-0.15, -0.1) is 11.8 Å². The third kappa shape index (κ3) is 4.64. The molecule has 2 aromatic rings. The van der Waals surface area contributed by atoms with Crippen molar-refractivity contribution < 1.29 is 32.2 Å². The normalized spacial score (nSPS) is 15.8. The third-order valence-corrected chi connectivity index (χ3v) is 5.78. The van der Waals surface area contributed by atoms with Crippen molar-refractivity contribution in [2.45, 2.75) is 29.7 Å². The Hall–Kier alpha value is -2.88. The number of halogens is 3. The van der Waals surface area contributed by atoms with Crippen molar-refractivity contribution in [3.05, 3.63) is 41.5 Å². The minimum absolute atomic E-state index is 0.0900. The summed E-state index contributed by atoms with van der Waals surface area (Å²) in [4.78, 5) is 25.3. The van der Waals surface area contributed by atoms with Crippen LogP contribution in [0.25, 0.3) is 0 Å². The van der Waals surface area contributed by atoms with Gasteiger partial charge in [0.25, 0.3) is 0 Å². The summed E-state index contributed by atoms with van der Waals surface area (Å²) in [6.45, 7) is 1.79. The zero-order chi connectivity index (χ0) is 22.1. The van der Waals surface area contributed by atoms with E-state index < -0.39 is 28.8 Å². The minimum Gasteiger partial charge on any atom is -0.493 e. The maximum Gasteiger partial charge on any atom is 0.416 e. The maximum absolute atomic E-state index is 12.9. The zero-order valence-corrected chi connectivity index (χ0v) is 17.2. The molecule has 2 amide bonds. The standard InChI is InChI=1S/C20H19F3N2O4S/c1-10-6-14(28-2)15(29-3)8-12(10)24-18(26)9-17-19(27)25-13-7-11(20(21,22)23)4-5-16(13)30-17/h4-8,17H,9H2,1-3H3,(H,24,26)(H,25,27). The van der Waals surface area contributed by atoms with Gasteiger partial charge in [0.15, 0.2) is 11.5 Å². The first-order chi connectivity index (χ1) is 14.1. The molecule has 0 radical (unpaired) electrons. The second kappa shape index (κ2) is 8.47. The number of methoxy groups -OCH3 is 2. The first-order valence-electron chi connectivity index (χ1n) is 8.83. The van der Waals surface area contributed by atoms with Gasteiger partial charge < -0.3 is 20.1 Å². The van der Waals surface area contributed by atoms with E-state index in [2.05, 4.69) is 10.6 Å². The summed E-state index contributed by atoms with van der Waals surface area (Å²) in [5.41, 5.74) is 0.496. The molecule has 1 heterocycles. The molecule has 2 N–H and O–H groups in total. The van der Waals surface area contributed by atoms with Crippen molar-refractivity contribution in [1.29, 1.82) is 0 Å². The molecule has 1 aliphatic heterocycles. The quantitative estimate of drug-likeness (QED) is 0.717. The molecule has 6 nitrogen and oxygen atoms in total. The van der Waals surface area contributed by atoms with Gasteiger partial charge in [-0.3, -0.25) is 9.59 Å². The highest BCUT2D eigenvalue weighted by Crippen LogP contribution is 2.41. The van der Waals surface area contributed by atoms with Crippen LogP contribution in [0.2, 0.25) is 0 Å². The van der Waals surface area contributed by atoms with Crippen molar-refractivity contribution in [3.8, 4) is 11.5 Å². The molecule has 0 aliphatic carbocycles. The van der Waals surface area contributed by atoms with Crippen molar-refractivity contribution in [1.82, 2.24) is 0 Å². The van der Waals surface area contributed by atoms with E-state index in [1.165, 1.54) is 20.3 Å². The number of aryl methyl sites for hydroxylation is 1. The lowest BCUT2D eigenvalue weighted by molar-refractivity contribution is -0.137. The summed E-state index contributed by atoms with van der Waals surface area (Å²) >= 11 is 1.06. The van der Waals surface area contributed by atoms with Crippen LogP contribution in [0.1, 0.15) is 17.5 Å². The number of thioether (sulfide) groups is 1. The highest BCUT2D eigenvalue weighted by atomic mass is 32.2. The van der Waals surface area contributed by atoms with E-state index in [1.54, 1.807) is 19.1 Å². The predicted octanol–water partition coefficient (Wildman–Crippen LogP) is 4.47. The van der Waals surface area contributed by atoms with Crippen LogP contribution in [0.3, 0.4) is 0 Å².